The predicted octanol–water partition coefficient (Wildman–Crippen LogP) is 10.9. The Kier molecular flexibility index (Phi) is 13.6. The van der Waals surface area contributed by atoms with E-state index in [1.54, 1.807) is 5.56 Å². The fourth-order valence-corrected chi connectivity index (χ4v) is 4.83. The van der Waals surface area contributed by atoms with Crippen molar-refractivity contribution < 1.29 is 0 Å². The molecule has 196 valence electrons. The predicted molar refractivity (Wildman–Crippen MR) is 161 cm³/mol. The molecule has 1 saturated carbocycles. The van der Waals surface area contributed by atoms with Crippen LogP contribution in [0.2, 0.25) is 0 Å². The van der Waals surface area contributed by atoms with Gasteiger partial charge in [0.2, 0.25) is 0 Å². The quantitative estimate of drug-likeness (QED) is 0.283. The lowest BCUT2D eigenvalue weighted by Gasteiger charge is -2.20. The molecular weight excluding hydrogens is 432 g/mol. The number of aryl methyl sites for hydroxylation is 1. The van der Waals surface area contributed by atoms with Crippen LogP contribution in [0, 0.1) is 23.7 Å². The third-order valence-electron chi connectivity index (χ3n) is 7.45. The Hall–Kier alpha value is -2.34. The first kappa shape index (κ1) is 29.9. The molecule has 0 saturated heterocycles. The Morgan fingerprint density at radius 2 is 1.06 bits per heavy atom. The van der Waals surface area contributed by atoms with Gasteiger partial charge in [0.25, 0.3) is 0 Å². The zero-order valence-electron chi connectivity index (χ0n) is 24.2. The maximum Gasteiger partial charge on any atom is -0.0111 e. The molecule has 0 amide bonds. The Labute approximate surface area is 223 Å². The van der Waals surface area contributed by atoms with E-state index in [1.165, 1.54) is 43.2 Å². The zero-order chi connectivity index (χ0) is 26.3. The zero-order valence-corrected chi connectivity index (χ0v) is 24.2. The second-order valence-electron chi connectivity index (χ2n) is 11.7. The molecule has 4 rings (SSSR count). The van der Waals surface area contributed by atoms with Gasteiger partial charge in [-0.1, -0.05) is 146 Å². The third kappa shape index (κ3) is 11.6. The smallest absolute Gasteiger partial charge is 0.0111 e. The van der Waals surface area contributed by atoms with Gasteiger partial charge < -0.3 is 0 Å². The minimum atomic E-state index is 0.677. The first-order chi connectivity index (χ1) is 17.3. The highest BCUT2D eigenvalue weighted by Crippen LogP contribution is 2.46. The van der Waals surface area contributed by atoms with E-state index in [0.29, 0.717) is 5.92 Å². The van der Waals surface area contributed by atoms with Gasteiger partial charge in [-0.3, -0.25) is 0 Å². The summed E-state index contributed by atoms with van der Waals surface area (Å²) in [6.45, 7) is 16.1. The fraction of sp³-hybridized carbons (Fsp3) is 0.500. The number of hydrogen-bond donors (Lipinski definition) is 0. The van der Waals surface area contributed by atoms with Crippen LogP contribution in [0.25, 0.3) is 0 Å². The van der Waals surface area contributed by atoms with Crippen LogP contribution >= 0.6 is 0 Å². The van der Waals surface area contributed by atoms with Crippen molar-refractivity contribution >= 4 is 0 Å². The normalized spacial score (nSPS) is 14.5. The van der Waals surface area contributed by atoms with Gasteiger partial charge in [-0.15, -0.1) is 0 Å². The lowest BCUT2D eigenvalue weighted by atomic mass is 9.84. The molecule has 0 nitrogen and oxygen atoms in total. The number of hydrogen-bond acceptors (Lipinski definition) is 0. The Balaban J connectivity index is 0.000000191. The van der Waals surface area contributed by atoms with E-state index in [-0.39, 0.29) is 0 Å². The first-order valence-corrected chi connectivity index (χ1v) is 14.4. The van der Waals surface area contributed by atoms with Crippen molar-refractivity contribution in [3.05, 3.63) is 108 Å². The summed E-state index contributed by atoms with van der Waals surface area (Å²) in [5.41, 5.74) is 4.46. The summed E-state index contributed by atoms with van der Waals surface area (Å²) in [6, 6.07) is 32.4. The van der Waals surface area contributed by atoms with Gasteiger partial charge in [0.1, 0.15) is 0 Å². The molecule has 1 aliphatic carbocycles. The molecule has 3 aromatic carbocycles. The molecule has 1 fully saturated rings. The van der Waals surface area contributed by atoms with Crippen LogP contribution < -0.4 is 0 Å². The van der Waals surface area contributed by atoms with E-state index >= 15 is 0 Å². The van der Waals surface area contributed by atoms with Gasteiger partial charge in [-0.2, -0.15) is 0 Å². The van der Waals surface area contributed by atoms with Gasteiger partial charge in [0.05, 0.1) is 0 Å². The van der Waals surface area contributed by atoms with Crippen molar-refractivity contribution in [3.8, 4) is 0 Å². The van der Waals surface area contributed by atoms with Crippen LogP contribution in [-0.4, -0.2) is 0 Å². The molecule has 0 heterocycles. The van der Waals surface area contributed by atoms with Gasteiger partial charge in [-0.05, 0) is 77.9 Å². The van der Waals surface area contributed by atoms with Gasteiger partial charge >= 0.3 is 0 Å². The molecule has 0 aliphatic heterocycles. The van der Waals surface area contributed by atoms with E-state index in [0.717, 1.165) is 29.6 Å². The summed E-state index contributed by atoms with van der Waals surface area (Å²) in [7, 11) is 0. The number of benzene rings is 3. The summed E-state index contributed by atoms with van der Waals surface area (Å²) in [4.78, 5) is 0. The molecule has 3 aromatic rings. The minimum Gasteiger partial charge on any atom is -0.0628 e. The average molecular weight is 485 g/mol. The molecule has 2 atom stereocenters. The standard InChI is InChI=1S/C13H18.C12H18.C11H16/c1-10(2)13(12-8-9-12)11-6-4-3-5-7-11;1-11(2)7-6-10-12-8-4-3-5-9-12;1-9(2)10(3)11-7-5-4-6-8-11/h3-7,10,12-13H,8-9H2,1-2H3;3-5,8-9,11H,6-7,10H2,1-2H3;4-10H,1-3H3. The fourth-order valence-electron chi connectivity index (χ4n) is 4.83. The summed E-state index contributed by atoms with van der Waals surface area (Å²) in [5, 5.41) is 0. The molecular formula is C36H52. The van der Waals surface area contributed by atoms with Gasteiger partial charge in [-0.25, -0.2) is 0 Å². The van der Waals surface area contributed by atoms with Crippen LogP contribution in [-0.2, 0) is 6.42 Å². The summed E-state index contributed by atoms with van der Waals surface area (Å²) in [6.07, 6.45) is 6.78. The Bertz CT molecular complexity index is 902. The van der Waals surface area contributed by atoms with E-state index < -0.39 is 0 Å². The van der Waals surface area contributed by atoms with Crippen molar-refractivity contribution in [1.29, 1.82) is 0 Å². The maximum atomic E-state index is 2.34. The first-order valence-electron chi connectivity index (χ1n) is 14.4. The second kappa shape index (κ2) is 16.4. The van der Waals surface area contributed by atoms with Gasteiger partial charge in [0.15, 0.2) is 0 Å². The van der Waals surface area contributed by atoms with Crippen molar-refractivity contribution in [2.45, 2.75) is 92.4 Å². The molecule has 0 bridgehead atoms. The minimum absolute atomic E-state index is 0.677. The highest BCUT2D eigenvalue weighted by atomic mass is 14.4. The largest absolute Gasteiger partial charge is 0.0628 e. The van der Waals surface area contributed by atoms with Crippen LogP contribution in [0.15, 0.2) is 91.0 Å². The lowest BCUT2D eigenvalue weighted by Crippen LogP contribution is -2.08. The Morgan fingerprint density at radius 1 is 0.583 bits per heavy atom. The molecule has 36 heavy (non-hydrogen) atoms. The highest BCUT2D eigenvalue weighted by Gasteiger charge is 2.33. The van der Waals surface area contributed by atoms with E-state index in [4.69, 9.17) is 0 Å². The topological polar surface area (TPSA) is 0 Å². The second-order valence-corrected chi connectivity index (χ2v) is 11.7. The summed E-state index contributed by atoms with van der Waals surface area (Å²) >= 11 is 0. The van der Waals surface area contributed by atoms with Crippen molar-refractivity contribution in [3.63, 3.8) is 0 Å². The monoisotopic (exact) mass is 484 g/mol. The van der Waals surface area contributed by atoms with Crippen LogP contribution in [0.3, 0.4) is 0 Å². The third-order valence-corrected chi connectivity index (χ3v) is 7.45. The van der Waals surface area contributed by atoms with Crippen LogP contribution in [0.5, 0.6) is 0 Å². The molecule has 0 radical (unpaired) electrons. The molecule has 0 spiro atoms. The van der Waals surface area contributed by atoms with E-state index in [9.17, 15) is 0 Å². The lowest BCUT2D eigenvalue weighted by molar-refractivity contribution is 0.450. The van der Waals surface area contributed by atoms with Crippen molar-refractivity contribution in [2.24, 2.45) is 23.7 Å². The molecule has 1 aliphatic rings. The highest BCUT2D eigenvalue weighted by molar-refractivity contribution is 5.22. The van der Waals surface area contributed by atoms with Gasteiger partial charge in [0, 0.05) is 0 Å². The summed E-state index contributed by atoms with van der Waals surface area (Å²) in [5.74, 6) is 4.82. The van der Waals surface area contributed by atoms with E-state index in [2.05, 4.69) is 139 Å². The van der Waals surface area contributed by atoms with E-state index in [1.807, 2.05) is 0 Å². The SMILES string of the molecule is CC(C)C(C)c1ccccc1.CC(C)C(c1ccccc1)C1CC1.CC(C)CCCc1ccccc1. The van der Waals surface area contributed by atoms with Crippen LogP contribution in [0.1, 0.15) is 103 Å². The molecule has 0 heteroatoms. The molecule has 0 aromatic heterocycles. The average Bonchev–Trinajstić information content (AvgIpc) is 3.71. The summed E-state index contributed by atoms with van der Waals surface area (Å²) < 4.78 is 0. The Morgan fingerprint density at radius 3 is 1.47 bits per heavy atom. The molecule has 2 unspecified atom stereocenters. The maximum absolute atomic E-state index is 2.34. The van der Waals surface area contributed by atoms with Crippen molar-refractivity contribution in [2.75, 3.05) is 0 Å². The number of rotatable bonds is 9. The molecule has 0 N–H and O–H groups in total. The van der Waals surface area contributed by atoms with Crippen LogP contribution in [0.4, 0.5) is 0 Å². The van der Waals surface area contributed by atoms with Crippen molar-refractivity contribution in [1.82, 2.24) is 0 Å².